The second-order valence-corrected chi connectivity index (χ2v) is 7.30. The highest BCUT2D eigenvalue weighted by Gasteiger charge is 2.20. The van der Waals surface area contributed by atoms with Crippen LogP contribution >= 0.6 is 0 Å². The Morgan fingerprint density at radius 3 is 2.87 bits per heavy atom. The van der Waals surface area contributed by atoms with E-state index < -0.39 is 11.7 Å². The highest BCUT2D eigenvalue weighted by atomic mass is 19.1. The van der Waals surface area contributed by atoms with Crippen molar-refractivity contribution in [2.75, 3.05) is 42.1 Å². The number of nitrogens with zero attached hydrogens (tertiary/aromatic N) is 4. The maximum Gasteiger partial charge on any atom is 0.257 e. The lowest BCUT2D eigenvalue weighted by atomic mass is 10.0. The number of halogens is 1. The van der Waals surface area contributed by atoms with Gasteiger partial charge in [-0.2, -0.15) is 0 Å². The number of benzene rings is 1. The van der Waals surface area contributed by atoms with E-state index in [1.54, 1.807) is 36.0 Å². The molecule has 1 amide bonds. The zero-order valence-corrected chi connectivity index (χ0v) is 17.2. The fourth-order valence-electron chi connectivity index (χ4n) is 3.71. The lowest BCUT2D eigenvalue weighted by Crippen LogP contribution is -2.44. The second-order valence-electron chi connectivity index (χ2n) is 7.30. The molecule has 31 heavy (non-hydrogen) atoms. The monoisotopic (exact) mass is 421 g/mol. The summed E-state index contributed by atoms with van der Waals surface area (Å²) in [4.78, 5) is 23.4. The molecule has 160 valence electrons. The van der Waals surface area contributed by atoms with Crippen LogP contribution in [0.4, 0.5) is 21.5 Å². The number of aryl methyl sites for hydroxylation is 1. The molecule has 3 heterocycles. The van der Waals surface area contributed by atoms with E-state index in [0.717, 1.165) is 31.9 Å². The van der Waals surface area contributed by atoms with Gasteiger partial charge in [0.05, 0.1) is 22.6 Å². The maximum atomic E-state index is 14.4. The molecule has 9 heteroatoms. The van der Waals surface area contributed by atoms with Gasteiger partial charge in [-0.3, -0.25) is 9.79 Å². The number of anilines is 3. The molecule has 0 spiro atoms. The first kappa shape index (κ1) is 20.5. The van der Waals surface area contributed by atoms with Crippen LogP contribution in [0.1, 0.15) is 21.6 Å². The molecule has 0 saturated carbocycles. The standard InChI is InChI=1S/C22H24FN7O/c1-3-25-11-17-19(29-8-6-26-7-9-29)5-4-16(20(17)24)22(31)28-15-10-18(23)21-27-14(2)12-30(21)13-15/h3-5,10-13,26H,1,6-9,24H2,2H3,(H,28,31). The molecule has 1 fully saturated rings. The Labute approximate surface area is 179 Å². The van der Waals surface area contributed by atoms with E-state index in [0.29, 0.717) is 22.6 Å². The first-order valence-electron chi connectivity index (χ1n) is 9.96. The minimum absolute atomic E-state index is 0.207. The summed E-state index contributed by atoms with van der Waals surface area (Å²) in [5, 5.41) is 6.04. The van der Waals surface area contributed by atoms with Crippen molar-refractivity contribution in [3.05, 3.63) is 66.0 Å². The summed E-state index contributed by atoms with van der Waals surface area (Å²) >= 11 is 0. The number of nitrogens with one attached hydrogen (secondary N) is 2. The van der Waals surface area contributed by atoms with Crippen molar-refractivity contribution < 1.29 is 9.18 Å². The molecule has 4 rings (SSSR count). The number of imidazole rings is 1. The van der Waals surface area contributed by atoms with E-state index in [1.165, 1.54) is 12.3 Å². The van der Waals surface area contributed by atoms with E-state index >= 15 is 0 Å². The van der Waals surface area contributed by atoms with E-state index in [9.17, 15) is 9.18 Å². The lowest BCUT2D eigenvalue weighted by molar-refractivity contribution is 0.102. The van der Waals surface area contributed by atoms with Crippen LogP contribution < -0.4 is 21.3 Å². The molecule has 0 aliphatic carbocycles. The number of hydrogen-bond donors (Lipinski definition) is 3. The molecular formula is C22H24FN7O. The van der Waals surface area contributed by atoms with Crippen molar-refractivity contribution in [3.8, 4) is 0 Å². The van der Waals surface area contributed by atoms with Gasteiger partial charge >= 0.3 is 0 Å². The Balaban J connectivity index is 1.67. The number of amides is 1. The smallest absolute Gasteiger partial charge is 0.257 e. The molecule has 0 atom stereocenters. The number of hydrogen-bond acceptors (Lipinski definition) is 6. The van der Waals surface area contributed by atoms with Crippen LogP contribution in [-0.4, -0.2) is 47.7 Å². The minimum Gasteiger partial charge on any atom is -0.397 e. The average Bonchev–Trinajstić information content (AvgIpc) is 3.14. The van der Waals surface area contributed by atoms with Crippen molar-refractivity contribution in [2.45, 2.75) is 6.92 Å². The molecule has 0 radical (unpaired) electrons. The van der Waals surface area contributed by atoms with Crippen molar-refractivity contribution in [3.63, 3.8) is 0 Å². The average molecular weight is 421 g/mol. The molecule has 1 aliphatic rings. The third-order valence-electron chi connectivity index (χ3n) is 5.16. The van der Waals surface area contributed by atoms with Crippen LogP contribution in [0, 0.1) is 12.7 Å². The molecule has 0 bridgehead atoms. The van der Waals surface area contributed by atoms with Crippen LogP contribution in [0.15, 0.2) is 48.4 Å². The molecule has 1 saturated heterocycles. The number of pyridine rings is 1. The van der Waals surface area contributed by atoms with E-state index in [4.69, 9.17) is 5.73 Å². The minimum atomic E-state index is -0.522. The van der Waals surface area contributed by atoms with E-state index in [-0.39, 0.29) is 11.2 Å². The zero-order valence-electron chi connectivity index (χ0n) is 17.2. The predicted octanol–water partition coefficient (Wildman–Crippen LogP) is 2.59. The number of piperazine rings is 1. The number of carbonyl (C=O) groups is 1. The van der Waals surface area contributed by atoms with Gasteiger partial charge in [0, 0.05) is 68.3 Å². The Hall–Kier alpha value is -3.72. The Bertz CT molecular complexity index is 1180. The maximum absolute atomic E-state index is 14.4. The van der Waals surface area contributed by atoms with Crippen LogP contribution in [0.25, 0.3) is 5.65 Å². The number of nitrogens with two attached hydrogens (primary N) is 1. The molecule has 1 aliphatic heterocycles. The molecule has 4 N–H and O–H groups in total. The summed E-state index contributed by atoms with van der Waals surface area (Å²) in [5.41, 5.74) is 9.73. The molecule has 8 nitrogen and oxygen atoms in total. The third kappa shape index (κ3) is 4.13. The molecular weight excluding hydrogens is 397 g/mol. The van der Waals surface area contributed by atoms with Gasteiger partial charge in [0.25, 0.3) is 5.91 Å². The van der Waals surface area contributed by atoms with Crippen molar-refractivity contribution in [1.29, 1.82) is 0 Å². The van der Waals surface area contributed by atoms with E-state index in [1.807, 2.05) is 6.07 Å². The lowest BCUT2D eigenvalue weighted by Gasteiger charge is -2.31. The SMILES string of the molecule is C=CN=Cc1c(N2CCNCC2)ccc(C(=O)Nc2cc(F)c3nc(C)cn3c2)c1N. The topological polar surface area (TPSA) is 100 Å². The number of aromatic nitrogens is 2. The zero-order chi connectivity index (χ0) is 22.0. The quantitative estimate of drug-likeness (QED) is 0.434. The fourth-order valence-corrected chi connectivity index (χ4v) is 3.71. The Morgan fingerprint density at radius 2 is 2.13 bits per heavy atom. The van der Waals surface area contributed by atoms with Gasteiger partial charge in [-0.25, -0.2) is 9.37 Å². The van der Waals surface area contributed by atoms with Crippen LogP contribution in [0.5, 0.6) is 0 Å². The largest absolute Gasteiger partial charge is 0.397 e. The summed E-state index contributed by atoms with van der Waals surface area (Å²) in [5.74, 6) is -0.958. The molecule has 1 aromatic carbocycles. The first-order chi connectivity index (χ1) is 15.0. The van der Waals surface area contributed by atoms with Gasteiger partial charge in [0.2, 0.25) is 0 Å². The number of aliphatic imine (C=N–C) groups is 1. The van der Waals surface area contributed by atoms with Gasteiger partial charge < -0.3 is 25.7 Å². The fraction of sp³-hybridized carbons (Fsp3) is 0.227. The Morgan fingerprint density at radius 1 is 1.35 bits per heavy atom. The molecule has 3 aromatic rings. The molecule has 0 unspecified atom stereocenters. The van der Waals surface area contributed by atoms with Gasteiger partial charge in [-0.1, -0.05) is 6.58 Å². The summed E-state index contributed by atoms with van der Waals surface area (Å²) < 4.78 is 15.9. The summed E-state index contributed by atoms with van der Waals surface area (Å²) in [7, 11) is 0. The third-order valence-corrected chi connectivity index (χ3v) is 5.16. The van der Waals surface area contributed by atoms with Crippen molar-refractivity contribution in [1.82, 2.24) is 14.7 Å². The Kier molecular flexibility index (Phi) is 5.68. The van der Waals surface area contributed by atoms with Gasteiger partial charge in [0.15, 0.2) is 11.5 Å². The van der Waals surface area contributed by atoms with Crippen LogP contribution in [-0.2, 0) is 0 Å². The summed E-state index contributed by atoms with van der Waals surface area (Å²) in [6.45, 7) is 8.76. The summed E-state index contributed by atoms with van der Waals surface area (Å²) in [6, 6.07) is 4.79. The number of rotatable bonds is 5. The first-order valence-corrected chi connectivity index (χ1v) is 9.96. The van der Waals surface area contributed by atoms with Gasteiger partial charge in [-0.15, -0.1) is 0 Å². The number of fused-ring (bicyclic) bond motifs is 1. The van der Waals surface area contributed by atoms with Crippen molar-refractivity contribution >= 4 is 34.8 Å². The highest BCUT2D eigenvalue weighted by molar-refractivity contribution is 6.11. The number of carbonyl (C=O) groups excluding carboxylic acids is 1. The number of nitrogen functional groups attached to an aromatic ring is 1. The van der Waals surface area contributed by atoms with E-state index in [2.05, 4.69) is 32.1 Å². The highest BCUT2D eigenvalue weighted by Crippen LogP contribution is 2.29. The summed E-state index contributed by atoms with van der Waals surface area (Å²) in [6.07, 6.45) is 6.32. The van der Waals surface area contributed by atoms with Crippen LogP contribution in [0.2, 0.25) is 0 Å². The second kappa shape index (κ2) is 8.57. The molecule has 2 aromatic heterocycles. The predicted molar refractivity (Wildman–Crippen MR) is 122 cm³/mol. The normalized spacial score (nSPS) is 14.3. The van der Waals surface area contributed by atoms with Crippen LogP contribution in [0.3, 0.4) is 0 Å². The van der Waals surface area contributed by atoms with Gasteiger partial charge in [0.1, 0.15) is 0 Å². The van der Waals surface area contributed by atoms with Crippen molar-refractivity contribution in [2.24, 2.45) is 4.99 Å². The van der Waals surface area contributed by atoms with Gasteiger partial charge in [-0.05, 0) is 19.1 Å².